The van der Waals surface area contributed by atoms with Gasteiger partial charge in [-0.25, -0.2) is 4.79 Å². The Balaban J connectivity index is 2.33. The van der Waals surface area contributed by atoms with E-state index in [0.717, 1.165) is 6.42 Å². The molecule has 0 saturated heterocycles. The van der Waals surface area contributed by atoms with Gasteiger partial charge in [-0.15, -0.1) is 10.2 Å². The molecule has 6 heteroatoms. The molecule has 0 atom stereocenters. The molecule has 1 rings (SSSR count). The van der Waals surface area contributed by atoms with Crippen LogP contribution in [0.25, 0.3) is 0 Å². The van der Waals surface area contributed by atoms with Crippen molar-refractivity contribution in [3.63, 3.8) is 0 Å². The largest absolute Gasteiger partial charge is 0.423 e. The summed E-state index contributed by atoms with van der Waals surface area (Å²) in [6, 6.07) is -0.217. The molecule has 1 aromatic heterocycles. The van der Waals surface area contributed by atoms with Crippen molar-refractivity contribution in [1.29, 1.82) is 0 Å². The normalized spacial score (nSPS) is 10.5. The molecule has 6 nitrogen and oxygen atoms in total. The Morgan fingerprint density at radius 2 is 2.12 bits per heavy atom. The van der Waals surface area contributed by atoms with Crippen LogP contribution in [0.1, 0.15) is 44.9 Å². The molecule has 90 valence electrons. The van der Waals surface area contributed by atoms with E-state index in [1.807, 2.05) is 20.8 Å². The first-order valence-corrected chi connectivity index (χ1v) is 5.47. The molecule has 0 aliphatic carbocycles. The van der Waals surface area contributed by atoms with Crippen molar-refractivity contribution in [1.82, 2.24) is 20.8 Å². The van der Waals surface area contributed by atoms with Crippen LogP contribution in [0.5, 0.6) is 0 Å². The number of carbonyl (C=O) groups excluding carboxylic acids is 1. The van der Waals surface area contributed by atoms with Crippen LogP contribution in [-0.2, 0) is 6.54 Å². The van der Waals surface area contributed by atoms with Crippen LogP contribution < -0.4 is 10.6 Å². The van der Waals surface area contributed by atoms with Gasteiger partial charge in [-0.3, -0.25) is 0 Å². The summed E-state index contributed by atoms with van der Waals surface area (Å²) in [5, 5.41) is 13.0. The van der Waals surface area contributed by atoms with Crippen LogP contribution >= 0.6 is 0 Å². The molecule has 0 saturated carbocycles. The van der Waals surface area contributed by atoms with Gasteiger partial charge in [0.1, 0.15) is 0 Å². The fourth-order valence-corrected chi connectivity index (χ4v) is 1.03. The fourth-order valence-electron chi connectivity index (χ4n) is 1.03. The van der Waals surface area contributed by atoms with Crippen LogP contribution in [0.3, 0.4) is 0 Å². The first-order chi connectivity index (χ1) is 7.63. The molecule has 1 heterocycles. The Labute approximate surface area is 94.8 Å². The fraction of sp³-hybridized carbons (Fsp3) is 0.700. The Bertz CT molecular complexity index is 335. The number of amides is 2. The topological polar surface area (TPSA) is 80.0 Å². The molecule has 0 aliphatic rings. The van der Waals surface area contributed by atoms with Crippen molar-refractivity contribution >= 4 is 6.03 Å². The maximum atomic E-state index is 11.2. The van der Waals surface area contributed by atoms with Crippen LogP contribution in [-0.4, -0.2) is 22.8 Å². The summed E-state index contributed by atoms with van der Waals surface area (Å²) in [6.07, 6.45) is 0.908. The van der Waals surface area contributed by atoms with E-state index in [1.165, 1.54) is 0 Å². The number of carbonyl (C=O) groups is 1. The second-order valence-corrected chi connectivity index (χ2v) is 3.80. The number of urea groups is 1. The lowest BCUT2D eigenvalue weighted by Gasteiger charge is -2.03. The lowest BCUT2D eigenvalue weighted by molar-refractivity contribution is 0.239. The highest BCUT2D eigenvalue weighted by Crippen LogP contribution is 2.11. The second kappa shape index (κ2) is 6.09. The van der Waals surface area contributed by atoms with Crippen LogP contribution in [0.4, 0.5) is 4.79 Å². The molecule has 0 bridgehead atoms. The number of aromatic nitrogens is 2. The van der Waals surface area contributed by atoms with Gasteiger partial charge in [0.25, 0.3) is 0 Å². The molecule has 0 unspecified atom stereocenters. The SMILES string of the molecule is CCCNC(=O)NCc1nnc(C(C)C)o1. The van der Waals surface area contributed by atoms with Gasteiger partial charge in [-0.1, -0.05) is 20.8 Å². The van der Waals surface area contributed by atoms with Gasteiger partial charge in [-0.05, 0) is 6.42 Å². The second-order valence-electron chi connectivity index (χ2n) is 3.80. The summed E-state index contributed by atoms with van der Waals surface area (Å²) >= 11 is 0. The minimum atomic E-state index is -0.217. The number of hydrogen-bond acceptors (Lipinski definition) is 4. The van der Waals surface area contributed by atoms with Crippen LogP contribution in [0.2, 0.25) is 0 Å². The lowest BCUT2D eigenvalue weighted by atomic mass is 10.2. The third-order valence-electron chi connectivity index (χ3n) is 1.91. The molecule has 2 amide bonds. The van der Waals surface area contributed by atoms with E-state index in [9.17, 15) is 4.79 Å². The summed E-state index contributed by atoms with van der Waals surface area (Å²) in [4.78, 5) is 11.2. The molecular formula is C10H18N4O2. The highest BCUT2D eigenvalue weighted by molar-refractivity contribution is 5.73. The van der Waals surface area contributed by atoms with Crippen molar-refractivity contribution < 1.29 is 9.21 Å². The Morgan fingerprint density at radius 1 is 1.38 bits per heavy atom. The third kappa shape index (κ3) is 3.88. The quantitative estimate of drug-likeness (QED) is 0.795. The maximum Gasteiger partial charge on any atom is 0.315 e. The predicted octanol–water partition coefficient (Wildman–Crippen LogP) is 1.40. The standard InChI is InChI=1S/C10H18N4O2/c1-4-5-11-10(15)12-6-8-13-14-9(16-8)7(2)3/h7H,4-6H2,1-3H3,(H2,11,12,15). The molecule has 0 fully saturated rings. The Morgan fingerprint density at radius 3 is 2.69 bits per heavy atom. The molecule has 16 heavy (non-hydrogen) atoms. The van der Waals surface area contributed by atoms with E-state index in [1.54, 1.807) is 0 Å². The molecule has 0 radical (unpaired) electrons. The van der Waals surface area contributed by atoms with Gasteiger partial charge < -0.3 is 15.1 Å². The number of nitrogens with zero attached hydrogens (tertiary/aromatic N) is 2. The molecule has 1 aromatic rings. The Kier molecular flexibility index (Phi) is 4.75. The van der Waals surface area contributed by atoms with Crippen molar-refractivity contribution in [2.24, 2.45) is 0 Å². The summed E-state index contributed by atoms with van der Waals surface area (Å²) in [5.74, 6) is 1.22. The molecule has 2 N–H and O–H groups in total. The third-order valence-corrected chi connectivity index (χ3v) is 1.91. The van der Waals surface area contributed by atoms with Crippen molar-refractivity contribution in [3.05, 3.63) is 11.8 Å². The summed E-state index contributed by atoms with van der Waals surface area (Å²) in [5.41, 5.74) is 0. The van der Waals surface area contributed by atoms with E-state index in [2.05, 4.69) is 20.8 Å². The average Bonchev–Trinajstić information content (AvgIpc) is 2.72. The van der Waals surface area contributed by atoms with Gasteiger partial charge in [0.15, 0.2) is 0 Å². The van der Waals surface area contributed by atoms with Gasteiger partial charge in [0.05, 0.1) is 6.54 Å². The lowest BCUT2D eigenvalue weighted by Crippen LogP contribution is -2.35. The minimum absolute atomic E-state index is 0.204. The van der Waals surface area contributed by atoms with Gasteiger partial charge in [0, 0.05) is 12.5 Å². The first-order valence-electron chi connectivity index (χ1n) is 5.47. The molecular weight excluding hydrogens is 208 g/mol. The van der Waals surface area contributed by atoms with Gasteiger partial charge >= 0.3 is 6.03 Å². The zero-order valence-electron chi connectivity index (χ0n) is 9.91. The van der Waals surface area contributed by atoms with Gasteiger partial charge in [-0.2, -0.15) is 0 Å². The molecule has 0 aromatic carbocycles. The highest BCUT2D eigenvalue weighted by Gasteiger charge is 2.09. The van der Waals surface area contributed by atoms with Gasteiger partial charge in [0.2, 0.25) is 11.8 Å². The van der Waals surface area contributed by atoms with E-state index in [-0.39, 0.29) is 18.5 Å². The maximum absolute atomic E-state index is 11.2. The van der Waals surface area contributed by atoms with E-state index in [4.69, 9.17) is 4.42 Å². The highest BCUT2D eigenvalue weighted by atomic mass is 16.4. The summed E-state index contributed by atoms with van der Waals surface area (Å²) in [7, 11) is 0. The number of rotatable bonds is 5. The smallest absolute Gasteiger partial charge is 0.315 e. The summed E-state index contributed by atoms with van der Waals surface area (Å²) < 4.78 is 5.34. The van der Waals surface area contributed by atoms with Crippen LogP contribution in [0, 0.1) is 0 Å². The van der Waals surface area contributed by atoms with Crippen molar-refractivity contribution in [3.8, 4) is 0 Å². The number of hydrogen-bond donors (Lipinski definition) is 2. The zero-order chi connectivity index (χ0) is 12.0. The first kappa shape index (κ1) is 12.5. The molecule has 0 spiro atoms. The van der Waals surface area contributed by atoms with Crippen molar-refractivity contribution in [2.75, 3.05) is 6.54 Å². The Hall–Kier alpha value is -1.59. The van der Waals surface area contributed by atoms with E-state index < -0.39 is 0 Å². The monoisotopic (exact) mass is 226 g/mol. The minimum Gasteiger partial charge on any atom is -0.423 e. The molecule has 0 aliphatic heterocycles. The van der Waals surface area contributed by atoms with E-state index >= 15 is 0 Å². The average molecular weight is 226 g/mol. The predicted molar refractivity (Wildman–Crippen MR) is 58.9 cm³/mol. The zero-order valence-corrected chi connectivity index (χ0v) is 9.91. The van der Waals surface area contributed by atoms with E-state index in [0.29, 0.717) is 18.3 Å². The number of nitrogens with one attached hydrogen (secondary N) is 2. The van der Waals surface area contributed by atoms with Crippen LogP contribution in [0.15, 0.2) is 4.42 Å². The van der Waals surface area contributed by atoms with Crippen molar-refractivity contribution in [2.45, 2.75) is 39.7 Å². The summed E-state index contributed by atoms with van der Waals surface area (Å²) in [6.45, 7) is 6.85.